The Morgan fingerprint density at radius 2 is 1.89 bits per heavy atom. The largest absolute Gasteiger partial charge is 0.487 e. The molecule has 1 fully saturated rings. The standard InChI is InChI=1S/C20H27F2NO3SSi/c1-20(2,3)28(4,5)19-23-11-16(27-19)17(24)12-6-9-14(26-18(21)22)15(10-12)25-13-7-8-13/h6,9-11,13,17-18,24H,7-8H2,1-5H3/t17-/m1/s1. The Labute approximate surface area is 169 Å². The number of aromatic nitrogens is 1. The molecule has 1 N–H and O–H groups in total. The Hall–Kier alpha value is -1.51. The number of nitrogens with zero attached hydrogens (tertiary/aromatic N) is 1. The average molecular weight is 428 g/mol. The third-order valence-electron chi connectivity index (χ3n) is 5.52. The van der Waals surface area contributed by atoms with Crippen molar-refractivity contribution in [3.8, 4) is 11.5 Å². The van der Waals surface area contributed by atoms with E-state index in [-0.39, 0.29) is 22.6 Å². The lowest BCUT2D eigenvalue weighted by atomic mass is 10.1. The van der Waals surface area contributed by atoms with Crippen LogP contribution in [0.5, 0.6) is 11.5 Å². The number of alkyl halides is 2. The highest BCUT2D eigenvalue weighted by Crippen LogP contribution is 2.39. The number of halogens is 2. The molecule has 2 aromatic rings. The van der Waals surface area contributed by atoms with Crippen molar-refractivity contribution in [1.29, 1.82) is 0 Å². The predicted octanol–water partition coefficient (Wildman–Crippen LogP) is 5.08. The highest BCUT2D eigenvalue weighted by Gasteiger charge is 2.40. The molecular weight excluding hydrogens is 400 g/mol. The number of ether oxygens (including phenoxy) is 2. The number of benzene rings is 1. The molecule has 28 heavy (non-hydrogen) atoms. The van der Waals surface area contributed by atoms with Crippen LogP contribution in [0.4, 0.5) is 8.78 Å². The molecule has 1 atom stereocenters. The molecule has 1 aromatic heterocycles. The molecule has 0 unspecified atom stereocenters. The summed E-state index contributed by atoms with van der Waals surface area (Å²) in [6.45, 7) is 8.30. The molecule has 1 saturated carbocycles. The van der Waals surface area contributed by atoms with Gasteiger partial charge in [0, 0.05) is 6.20 Å². The molecule has 1 aliphatic carbocycles. The summed E-state index contributed by atoms with van der Waals surface area (Å²) in [5, 5.41) is 11.0. The summed E-state index contributed by atoms with van der Waals surface area (Å²) in [4.78, 5) is 5.34. The van der Waals surface area contributed by atoms with Gasteiger partial charge in [-0.1, -0.05) is 39.9 Å². The highest BCUT2D eigenvalue weighted by molar-refractivity contribution is 7.26. The van der Waals surface area contributed by atoms with E-state index in [9.17, 15) is 13.9 Å². The first kappa shape index (κ1) is 21.2. The molecule has 0 radical (unpaired) electrons. The Bertz CT molecular complexity index is 831. The van der Waals surface area contributed by atoms with Crippen LogP contribution >= 0.6 is 11.3 Å². The quantitative estimate of drug-likeness (QED) is 0.626. The Morgan fingerprint density at radius 3 is 2.46 bits per heavy atom. The normalized spacial score (nSPS) is 16.3. The van der Waals surface area contributed by atoms with Crippen molar-refractivity contribution in [1.82, 2.24) is 4.98 Å². The lowest BCUT2D eigenvalue weighted by Crippen LogP contribution is -2.49. The van der Waals surface area contributed by atoms with Gasteiger partial charge in [0.15, 0.2) is 11.5 Å². The summed E-state index contributed by atoms with van der Waals surface area (Å²) >= 11 is 1.53. The van der Waals surface area contributed by atoms with E-state index in [4.69, 9.17) is 4.74 Å². The van der Waals surface area contributed by atoms with Gasteiger partial charge in [0.1, 0.15) is 14.2 Å². The Balaban J connectivity index is 1.87. The predicted molar refractivity (Wildman–Crippen MR) is 110 cm³/mol. The van der Waals surface area contributed by atoms with Gasteiger partial charge in [-0.2, -0.15) is 8.78 Å². The van der Waals surface area contributed by atoms with Crippen LogP contribution in [0.1, 0.15) is 50.2 Å². The van der Waals surface area contributed by atoms with Crippen LogP contribution in [0.2, 0.25) is 18.1 Å². The first-order valence-electron chi connectivity index (χ1n) is 9.38. The van der Waals surface area contributed by atoms with E-state index in [1.807, 2.05) is 0 Å². The zero-order chi connectivity index (χ0) is 20.7. The van der Waals surface area contributed by atoms with Gasteiger partial charge in [0.25, 0.3) is 0 Å². The van der Waals surface area contributed by atoms with E-state index in [0.29, 0.717) is 5.56 Å². The lowest BCUT2D eigenvalue weighted by molar-refractivity contribution is -0.0516. The summed E-state index contributed by atoms with van der Waals surface area (Å²) < 4.78 is 36.7. The number of aliphatic hydroxyl groups is 1. The van der Waals surface area contributed by atoms with Crippen molar-refractivity contribution in [2.75, 3.05) is 0 Å². The molecule has 8 heteroatoms. The zero-order valence-electron chi connectivity index (χ0n) is 16.8. The Morgan fingerprint density at radius 1 is 1.21 bits per heavy atom. The molecule has 0 amide bonds. The summed E-state index contributed by atoms with van der Waals surface area (Å²) in [7, 11) is -1.79. The van der Waals surface area contributed by atoms with Gasteiger partial charge >= 0.3 is 6.61 Å². The number of thiazole rings is 1. The van der Waals surface area contributed by atoms with Crippen molar-refractivity contribution >= 4 is 24.0 Å². The number of hydrogen-bond acceptors (Lipinski definition) is 5. The van der Waals surface area contributed by atoms with Crippen LogP contribution in [-0.4, -0.2) is 30.9 Å². The molecule has 3 rings (SSSR count). The monoisotopic (exact) mass is 427 g/mol. The van der Waals surface area contributed by atoms with Gasteiger partial charge in [-0.25, -0.2) is 0 Å². The van der Waals surface area contributed by atoms with Crippen LogP contribution in [0.25, 0.3) is 0 Å². The van der Waals surface area contributed by atoms with Crippen LogP contribution in [0.3, 0.4) is 0 Å². The van der Waals surface area contributed by atoms with Gasteiger partial charge in [-0.15, -0.1) is 11.3 Å². The third kappa shape index (κ3) is 4.55. The van der Waals surface area contributed by atoms with Crippen molar-refractivity contribution in [3.05, 3.63) is 34.8 Å². The van der Waals surface area contributed by atoms with Crippen molar-refractivity contribution < 1.29 is 23.4 Å². The highest BCUT2D eigenvalue weighted by atomic mass is 32.1. The molecule has 0 spiro atoms. The van der Waals surface area contributed by atoms with Crippen molar-refractivity contribution in [2.24, 2.45) is 0 Å². The minimum atomic E-state index is -2.93. The summed E-state index contributed by atoms with van der Waals surface area (Å²) in [6, 6.07) is 4.61. The molecule has 0 aliphatic heterocycles. The SMILES string of the molecule is CC(C)(C)[Si](C)(C)c1ncc([C@H](O)c2ccc(OC(F)F)c(OC3CC3)c2)s1. The van der Waals surface area contributed by atoms with Crippen LogP contribution < -0.4 is 14.1 Å². The second-order valence-electron chi connectivity index (χ2n) is 8.75. The lowest BCUT2D eigenvalue weighted by Gasteiger charge is -2.34. The van der Waals surface area contributed by atoms with Gasteiger partial charge in [-0.05, 0) is 35.6 Å². The molecule has 1 aromatic carbocycles. The van der Waals surface area contributed by atoms with Crippen molar-refractivity contribution in [2.45, 2.75) is 70.6 Å². The maximum absolute atomic E-state index is 12.7. The van der Waals surface area contributed by atoms with E-state index in [2.05, 4.69) is 43.6 Å². The van der Waals surface area contributed by atoms with Gasteiger partial charge < -0.3 is 14.6 Å². The second kappa shape index (κ2) is 7.72. The maximum Gasteiger partial charge on any atom is 0.387 e. The maximum atomic E-state index is 12.7. The third-order valence-corrected chi connectivity index (χ3v) is 13.2. The summed E-state index contributed by atoms with van der Waals surface area (Å²) in [6.07, 6.45) is 2.65. The van der Waals surface area contributed by atoms with Crippen LogP contribution in [0, 0.1) is 0 Å². The number of rotatable bonds is 7. The van der Waals surface area contributed by atoms with E-state index < -0.39 is 20.8 Å². The number of hydrogen-bond donors (Lipinski definition) is 1. The molecule has 0 bridgehead atoms. The van der Waals surface area contributed by atoms with E-state index >= 15 is 0 Å². The fraction of sp³-hybridized carbons (Fsp3) is 0.550. The van der Waals surface area contributed by atoms with E-state index in [1.54, 1.807) is 18.3 Å². The minimum absolute atomic E-state index is 0.0101. The zero-order valence-corrected chi connectivity index (χ0v) is 18.6. The molecule has 4 nitrogen and oxygen atoms in total. The smallest absolute Gasteiger partial charge is 0.387 e. The fourth-order valence-electron chi connectivity index (χ4n) is 2.53. The first-order valence-corrected chi connectivity index (χ1v) is 13.2. The average Bonchev–Trinajstić information content (AvgIpc) is 3.26. The molecular formula is C20H27F2NO3SSi. The van der Waals surface area contributed by atoms with E-state index in [1.165, 1.54) is 17.4 Å². The molecule has 1 heterocycles. The van der Waals surface area contributed by atoms with Crippen molar-refractivity contribution in [3.63, 3.8) is 0 Å². The van der Waals surface area contributed by atoms with Gasteiger partial charge in [0.05, 0.1) is 15.6 Å². The van der Waals surface area contributed by atoms with Gasteiger partial charge in [-0.3, -0.25) is 4.98 Å². The summed E-state index contributed by atoms with van der Waals surface area (Å²) in [5.41, 5.74) is 0.572. The molecule has 1 aliphatic rings. The van der Waals surface area contributed by atoms with E-state index in [0.717, 1.165) is 22.3 Å². The van der Waals surface area contributed by atoms with Gasteiger partial charge in [0.2, 0.25) is 0 Å². The summed E-state index contributed by atoms with van der Waals surface area (Å²) in [5.74, 6) is 0.234. The first-order chi connectivity index (χ1) is 13.0. The second-order valence-corrected chi connectivity index (χ2v) is 15.4. The number of aliphatic hydroxyl groups excluding tert-OH is 1. The van der Waals surface area contributed by atoms with Crippen LogP contribution in [0.15, 0.2) is 24.4 Å². The fourth-order valence-corrected chi connectivity index (χ4v) is 6.54. The molecule has 0 saturated heterocycles. The Kier molecular flexibility index (Phi) is 5.85. The minimum Gasteiger partial charge on any atom is -0.487 e. The topological polar surface area (TPSA) is 51.6 Å². The van der Waals surface area contributed by atoms with Crippen LogP contribution in [-0.2, 0) is 0 Å². The molecule has 154 valence electrons.